The Bertz CT molecular complexity index is 159. The van der Waals surface area contributed by atoms with Crippen molar-refractivity contribution >= 4 is 11.9 Å². The molecule has 2 nitrogen and oxygen atoms in total. The van der Waals surface area contributed by atoms with Crippen LogP contribution in [0.3, 0.4) is 0 Å². The molecule has 0 aliphatic heterocycles. The standard InChI is InChI=1S/C11H22N2/c1-4-7-8-9-13-11(5-2)10-12-6-3/h10H,4-9H2,1-3H3. The Labute approximate surface area is 82.2 Å². The van der Waals surface area contributed by atoms with Crippen molar-refractivity contribution in [2.75, 3.05) is 13.1 Å². The molecule has 0 saturated heterocycles. The lowest BCUT2D eigenvalue weighted by molar-refractivity contribution is 0.728. The van der Waals surface area contributed by atoms with E-state index in [0.29, 0.717) is 0 Å². The summed E-state index contributed by atoms with van der Waals surface area (Å²) in [6.45, 7) is 8.20. The van der Waals surface area contributed by atoms with Crippen LogP contribution in [0.15, 0.2) is 9.98 Å². The summed E-state index contributed by atoms with van der Waals surface area (Å²) in [5, 5.41) is 0. The average molecular weight is 182 g/mol. The molecule has 0 spiro atoms. The Morgan fingerprint density at radius 2 is 1.92 bits per heavy atom. The minimum atomic E-state index is 0.855. The van der Waals surface area contributed by atoms with Crippen LogP contribution < -0.4 is 0 Å². The van der Waals surface area contributed by atoms with Gasteiger partial charge in [0.1, 0.15) is 0 Å². The second kappa shape index (κ2) is 9.43. The molecule has 13 heavy (non-hydrogen) atoms. The van der Waals surface area contributed by atoms with Crippen molar-refractivity contribution in [3.05, 3.63) is 0 Å². The molecule has 0 aromatic carbocycles. The Kier molecular flexibility index (Phi) is 8.95. The molecule has 0 atom stereocenters. The Hall–Kier alpha value is -0.660. The van der Waals surface area contributed by atoms with Crippen LogP contribution in [0, 0.1) is 0 Å². The van der Waals surface area contributed by atoms with Gasteiger partial charge in [0.05, 0.1) is 5.71 Å². The number of rotatable bonds is 7. The van der Waals surface area contributed by atoms with Crippen molar-refractivity contribution < 1.29 is 0 Å². The quantitative estimate of drug-likeness (QED) is 0.427. The normalized spacial score (nSPS) is 12.7. The minimum Gasteiger partial charge on any atom is -0.292 e. The van der Waals surface area contributed by atoms with E-state index in [1.807, 2.05) is 13.1 Å². The number of hydrogen-bond acceptors (Lipinski definition) is 2. The first-order chi connectivity index (χ1) is 6.35. The molecule has 0 unspecified atom stereocenters. The lowest BCUT2D eigenvalue weighted by Gasteiger charge is -1.97. The number of hydrogen-bond donors (Lipinski definition) is 0. The molecule has 0 N–H and O–H groups in total. The predicted molar refractivity (Wildman–Crippen MR) is 61.2 cm³/mol. The molecule has 0 fully saturated rings. The lowest BCUT2D eigenvalue weighted by Crippen LogP contribution is -1.99. The van der Waals surface area contributed by atoms with E-state index in [4.69, 9.17) is 0 Å². The van der Waals surface area contributed by atoms with E-state index in [1.54, 1.807) is 0 Å². The fourth-order valence-electron chi connectivity index (χ4n) is 1.03. The van der Waals surface area contributed by atoms with E-state index in [2.05, 4.69) is 23.8 Å². The monoisotopic (exact) mass is 182 g/mol. The highest BCUT2D eigenvalue weighted by atomic mass is 14.8. The summed E-state index contributed by atoms with van der Waals surface area (Å²) in [6, 6.07) is 0. The zero-order chi connectivity index (χ0) is 9.94. The maximum atomic E-state index is 4.48. The van der Waals surface area contributed by atoms with Gasteiger partial charge >= 0.3 is 0 Å². The topological polar surface area (TPSA) is 24.7 Å². The van der Waals surface area contributed by atoms with Crippen LogP contribution in [0.1, 0.15) is 46.5 Å². The molecule has 0 aliphatic carbocycles. The van der Waals surface area contributed by atoms with E-state index in [1.165, 1.54) is 19.3 Å². The molecule has 0 aromatic heterocycles. The van der Waals surface area contributed by atoms with Gasteiger partial charge in [-0.1, -0.05) is 26.7 Å². The molecule has 0 aliphatic rings. The Morgan fingerprint density at radius 1 is 1.15 bits per heavy atom. The van der Waals surface area contributed by atoms with Crippen molar-refractivity contribution in [3.8, 4) is 0 Å². The van der Waals surface area contributed by atoms with Gasteiger partial charge in [0, 0.05) is 19.3 Å². The highest BCUT2D eigenvalue weighted by Gasteiger charge is 1.89. The third kappa shape index (κ3) is 7.69. The highest BCUT2D eigenvalue weighted by molar-refractivity contribution is 6.30. The van der Waals surface area contributed by atoms with Gasteiger partial charge in [-0.3, -0.25) is 9.98 Å². The molecule has 76 valence electrons. The molecule has 2 heteroatoms. The summed E-state index contributed by atoms with van der Waals surface area (Å²) in [5.74, 6) is 0. The molecule has 0 bridgehead atoms. The van der Waals surface area contributed by atoms with Crippen LogP contribution in [-0.4, -0.2) is 25.0 Å². The first kappa shape index (κ1) is 12.3. The van der Waals surface area contributed by atoms with Crippen molar-refractivity contribution in [2.24, 2.45) is 9.98 Å². The second-order valence-corrected chi connectivity index (χ2v) is 3.06. The molecule has 0 rings (SSSR count). The van der Waals surface area contributed by atoms with Gasteiger partial charge < -0.3 is 0 Å². The number of aliphatic imine (C=N–C) groups is 2. The first-order valence-corrected chi connectivity index (χ1v) is 5.38. The molecular formula is C11H22N2. The van der Waals surface area contributed by atoms with E-state index >= 15 is 0 Å². The Morgan fingerprint density at radius 3 is 2.46 bits per heavy atom. The number of nitrogens with zero attached hydrogens (tertiary/aromatic N) is 2. The van der Waals surface area contributed by atoms with Crippen molar-refractivity contribution in [2.45, 2.75) is 46.5 Å². The van der Waals surface area contributed by atoms with Crippen LogP contribution in [0.2, 0.25) is 0 Å². The zero-order valence-electron chi connectivity index (χ0n) is 9.21. The average Bonchev–Trinajstić information content (AvgIpc) is 2.17. The minimum absolute atomic E-state index is 0.855. The fraction of sp³-hybridized carbons (Fsp3) is 0.818. The highest BCUT2D eigenvalue weighted by Crippen LogP contribution is 1.95. The van der Waals surface area contributed by atoms with Gasteiger partial charge in [-0.25, -0.2) is 0 Å². The largest absolute Gasteiger partial charge is 0.292 e. The van der Waals surface area contributed by atoms with Crippen molar-refractivity contribution in [3.63, 3.8) is 0 Å². The van der Waals surface area contributed by atoms with Crippen LogP contribution in [0.25, 0.3) is 0 Å². The maximum absolute atomic E-state index is 4.48. The van der Waals surface area contributed by atoms with E-state index in [0.717, 1.165) is 25.2 Å². The van der Waals surface area contributed by atoms with Crippen LogP contribution in [0.4, 0.5) is 0 Å². The lowest BCUT2D eigenvalue weighted by atomic mass is 10.2. The SMILES string of the molecule is CCCCCN=C(C=NCC)CC. The summed E-state index contributed by atoms with van der Waals surface area (Å²) in [4.78, 5) is 8.67. The van der Waals surface area contributed by atoms with Gasteiger partial charge in [-0.05, 0) is 19.8 Å². The fourth-order valence-corrected chi connectivity index (χ4v) is 1.03. The molecule has 0 radical (unpaired) electrons. The summed E-state index contributed by atoms with van der Waals surface area (Å²) < 4.78 is 0. The third-order valence-corrected chi connectivity index (χ3v) is 1.86. The van der Waals surface area contributed by atoms with Gasteiger partial charge in [-0.2, -0.15) is 0 Å². The Balaban J connectivity index is 3.71. The second-order valence-electron chi connectivity index (χ2n) is 3.06. The third-order valence-electron chi connectivity index (χ3n) is 1.86. The zero-order valence-corrected chi connectivity index (χ0v) is 9.21. The summed E-state index contributed by atoms with van der Waals surface area (Å²) in [7, 11) is 0. The molecule has 0 saturated carbocycles. The van der Waals surface area contributed by atoms with Crippen LogP contribution in [-0.2, 0) is 0 Å². The summed E-state index contributed by atoms with van der Waals surface area (Å²) in [5.41, 5.74) is 1.14. The maximum Gasteiger partial charge on any atom is 0.0523 e. The van der Waals surface area contributed by atoms with Crippen LogP contribution >= 0.6 is 0 Å². The van der Waals surface area contributed by atoms with Gasteiger partial charge in [0.15, 0.2) is 0 Å². The van der Waals surface area contributed by atoms with E-state index < -0.39 is 0 Å². The molecule has 0 aromatic rings. The van der Waals surface area contributed by atoms with Crippen LogP contribution in [0.5, 0.6) is 0 Å². The van der Waals surface area contributed by atoms with Gasteiger partial charge in [-0.15, -0.1) is 0 Å². The molecule has 0 heterocycles. The summed E-state index contributed by atoms with van der Waals surface area (Å²) >= 11 is 0. The molecule has 0 amide bonds. The number of unbranched alkanes of at least 4 members (excludes halogenated alkanes) is 2. The summed E-state index contributed by atoms with van der Waals surface area (Å²) in [6.07, 6.45) is 6.66. The smallest absolute Gasteiger partial charge is 0.0523 e. The van der Waals surface area contributed by atoms with Gasteiger partial charge in [0.25, 0.3) is 0 Å². The van der Waals surface area contributed by atoms with Gasteiger partial charge in [0.2, 0.25) is 0 Å². The van der Waals surface area contributed by atoms with E-state index in [9.17, 15) is 0 Å². The van der Waals surface area contributed by atoms with Crippen molar-refractivity contribution in [1.82, 2.24) is 0 Å². The van der Waals surface area contributed by atoms with Crippen molar-refractivity contribution in [1.29, 1.82) is 0 Å². The first-order valence-electron chi connectivity index (χ1n) is 5.38. The van der Waals surface area contributed by atoms with E-state index in [-0.39, 0.29) is 0 Å². The molecular weight excluding hydrogens is 160 g/mol. The predicted octanol–water partition coefficient (Wildman–Crippen LogP) is 3.12.